The number of para-hydroxylation sites is 1. The Kier molecular flexibility index (Phi) is 8.35. The van der Waals surface area contributed by atoms with Crippen molar-refractivity contribution in [2.45, 2.75) is 18.9 Å². The lowest BCUT2D eigenvalue weighted by molar-refractivity contribution is 0.159. The molecule has 2 aromatic heterocycles. The van der Waals surface area contributed by atoms with E-state index in [1.807, 2.05) is 55.5 Å². The van der Waals surface area contributed by atoms with Gasteiger partial charge in [-0.15, -0.1) is 0 Å². The predicted octanol–water partition coefficient (Wildman–Crippen LogP) is 4.44. The number of aryl methyl sites for hydroxylation is 1. The molecule has 10 heteroatoms. The van der Waals surface area contributed by atoms with E-state index in [1.165, 1.54) is 10.6 Å². The first kappa shape index (κ1) is 27.6. The van der Waals surface area contributed by atoms with Gasteiger partial charge in [0, 0.05) is 68.1 Å². The fourth-order valence-corrected chi connectivity index (χ4v) is 5.43. The fraction of sp³-hybridized carbons (Fsp3) is 0.300. The first-order valence-corrected chi connectivity index (χ1v) is 13.6. The highest BCUT2D eigenvalue weighted by molar-refractivity contribution is 6.30. The number of carbonyl (C=O) groups excluding carboxylic acids is 1. The second kappa shape index (κ2) is 12.1. The van der Waals surface area contributed by atoms with Crippen LogP contribution in [0.1, 0.15) is 17.0 Å². The number of nitrogens with zero attached hydrogens (tertiary/aromatic N) is 4. The van der Waals surface area contributed by atoms with Gasteiger partial charge in [0.25, 0.3) is 0 Å². The molecular formula is C30H33ClN6O3. The van der Waals surface area contributed by atoms with Crippen LogP contribution in [-0.4, -0.2) is 64.7 Å². The molecule has 1 aliphatic heterocycles. The molecule has 2 atom stereocenters. The normalized spacial score (nSPS) is 17.2. The molecular weight excluding hydrogens is 528 g/mol. The van der Waals surface area contributed by atoms with Crippen molar-refractivity contribution in [1.82, 2.24) is 24.6 Å². The third kappa shape index (κ3) is 5.96. The van der Waals surface area contributed by atoms with Crippen molar-refractivity contribution in [3.63, 3.8) is 0 Å². The number of pyridine rings is 1. The Morgan fingerprint density at radius 1 is 1.10 bits per heavy atom. The van der Waals surface area contributed by atoms with E-state index in [0.29, 0.717) is 29.7 Å². The lowest BCUT2D eigenvalue weighted by atomic mass is 9.94. The number of urea groups is 1. The highest BCUT2D eigenvalue weighted by Gasteiger charge is 2.35. The third-order valence-electron chi connectivity index (χ3n) is 7.31. The number of hydrogen-bond acceptors (Lipinski definition) is 5. The fourth-order valence-electron chi connectivity index (χ4n) is 5.23. The van der Waals surface area contributed by atoms with Crippen molar-refractivity contribution in [3.05, 3.63) is 99.4 Å². The number of nitrogens with one attached hydrogen (secondary N) is 2. The summed E-state index contributed by atoms with van der Waals surface area (Å²) in [7, 11) is 3.39. The van der Waals surface area contributed by atoms with E-state index < -0.39 is 0 Å². The maximum Gasteiger partial charge on any atom is 0.320 e. The van der Waals surface area contributed by atoms with Crippen molar-refractivity contribution in [2.24, 2.45) is 7.05 Å². The van der Waals surface area contributed by atoms with E-state index in [1.54, 1.807) is 31.1 Å². The molecule has 0 aliphatic carbocycles. The second-order valence-corrected chi connectivity index (χ2v) is 10.5. The molecule has 1 saturated heterocycles. The molecule has 2 N–H and O–H groups in total. The smallest absolute Gasteiger partial charge is 0.320 e. The van der Waals surface area contributed by atoms with E-state index in [9.17, 15) is 9.59 Å². The number of carbonyl (C=O) groups is 1. The van der Waals surface area contributed by atoms with Crippen LogP contribution >= 0.6 is 11.6 Å². The van der Waals surface area contributed by atoms with Crippen molar-refractivity contribution in [2.75, 3.05) is 38.7 Å². The van der Waals surface area contributed by atoms with Crippen molar-refractivity contribution in [1.29, 1.82) is 0 Å². The van der Waals surface area contributed by atoms with E-state index in [4.69, 9.17) is 21.4 Å². The van der Waals surface area contributed by atoms with Crippen LogP contribution in [0.5, 0.6) is 0 Å². The molecule has 40 heavy (non-hydrogen) atoms. The average molecular weight is 561 g/mol. The van der Waals surface area contributed by atoms with Gasteiger partial charge in [-0.25, -0.2) is 9.48 Å². The SMILES string of the molecule is COCCN1CC(c2cccc(Cl)c2)[C@H](NC(=O)Nc2c(C)c(-c3ccc(=O)n(C)c3)nn2-c2ccccc2)C1. The number of likely N-dealkylation sites (tertiary alicyclic amines) is 1. The zero-order valence-electron chi connectivity index (χ0n) is 22.8. The van der Waals surface area contributed by atoms with E-state index in [0.717, 1.165) is 35.5 Å². The van der Waals surface area contributed by atoms with Gasteiger partial charge in [-0.3, -0.25) is 15.0 Å². The third-order valence-corrected chi connectivity index (χ3v) is 7.55. The number of rotatable bonds is 8. The molecule has 0 bridgehead atoms. The molecule has 1 fully saturated rings. The number of ether oxygens (including phenoxy) is 1. The van der Waals surface area contributed by atoms with Crippen LogP contribution in [0.3, 0.4) is 0 Å². The summed E-state index contributed by atoms with van der Waals surface area (Å²) >= 11 is 6.31. The van der Waals surface area contributed by atoms with E-state index in [-0.39, 0.29) is 23.6 Å². The van der Waals surface area contributed by atoms with Crippen molar-refractivity contribution >= 4 is 23.4 Å². The molecule has 2 aromatic carbocycles. The topological polar surface area (TPSA) is 93.4 Å². The Morgan fingerprint density at radius 2 is 1.90 bits per heavy atom. The van der Waals surface area contributed by atoms with Gasteiger partial charge in [-0.1, -0.05) is 41.9 Å². The molecule has 3 heterocycles. The number of aromatic nitrogens is 3. The zero-order chi connectivity index (χ0) is 28.2. The average Bonchev–Trinajstić information content (AvgIpc) is 3.50. The summed E-state index contributed by atoms with van der Waals surface area (Å²) in [6.07, 6.45) is 1.75. The number of hydrogen-bond donors (Lipinski definition) is 2. The Hall–Kier alpha value is -3.92. The Balaban J connectivity index is 1.44. The zero-order valence-corrected chi connectivity index (χ0v) is 23.6. The van der Waals surface area contributed by atoms with Crippen LogP contribution in [0.25, 0.3) is 16.9 Å². The quantitative estimate of drug-likeness (QED) is 0.332. The van der Waals surface area contributed by atoms with Gasteiger partial charge in [-0.05, 0) is 42.8 Å². The number of halogens is 1. The van der Waals surface area contributed by atoms with Gasteiger partial charge in [0.2, 0.25) is 5.56 Å². The van der Waals surface area contributed by atoms with Gasteiger partial charge >= 0.3 is 6.03 Å². The minimum atomic E-state index is -0.321. The number of benzene rings is 2. The van der Waals surface area contributed by atoms with Crippen molar-refractivity contribution < 1.29 is 9.53 Å². The maximum absolute atomic E-state index is 13.5. The van der Waals surface area contributed by atoms with E-state index in [2.05, 4.69) is 21.6 Å². The summed E-state index contributed by atoms with van der Waals surface area (Å²) in [6, 6.07) is 20.3. The molecule has 9 nitrogen and oxygen atoms in total. The second-order valence-electron chi connectivity index (χ2n) is 10.1. The number of amides is 2. The summed E-state index contributed by atoms with van der Waals surface area (Å²) in [5, 5.41) is 11.8. The van der Waals surface area contributed by atoms with Crippen LogP contribution in [0, 0.1) is 6.92 Å². The first-order valence-electron chi connectivity index (χ1n) is 13.2. The van der Waals surface area contributed by atoms with Crippen LogP contribution < -0.4 is 16.2 Å². The van der Waals surface area contributed by atoms with Gasteiger partial charge < -0.3 is 14.6 Å². The first-order chi connectivity index (χ1) is 19.3. The Bertz CT molecular complexity index is 1550. The molecule has 208 valence electrons. The Labute approximate surface area is 238 Å². The Morgan fingerprint density at radius 3 is 2.62 bits per heavy atom. The highest BCUT2D eigenvalue weighted by Crippen LogP contribution is 2.32. The van der Waals surface area contributed by atoms with Crippen LogP contribution in [0.4, 0.5) is 10.6 Å². The largest absolute Gasteiger partial charge is 0.383 e. The molecule has 0 radical (unpaired) electrons. The molecule has 0 saturated carbocycles. The summed E-state index contributed by atoms with van der Waals surface area (Å²) in [5.41, 5.74) is 4.03. The van der Waals surface area contributed by atoms with Gasteiger partial charge in [0.1, 0.15) is 5.82 Å². The van der Waals surface area contributed by atoms with Crippen LogP contribution in [0.15, 0.2) is 77.7 Å². The van der Waals surface area contributed by atoms with Gasteiger partial charge in [0.05, 0.1) is 24.0 Å². The van der Waals surface area contributed by atoms with E-state index >= 15 is 0 Å². The van der Waals surface area contributed by atoms with Crippen LogP contribution in [-0.2, 0) is 11.8 Å². The lowest BCUT2D eigenvalue weighted by Crippen LogP contribution is -2.42. The number of anilines is 1. The minimum absolute atomic E-state index is 0.0719. The molecule has 2 amide bonds. The van der Waals surface area contributed by atoms with Crippen molar-refractivity contribution in [3.8, 4) is 16.9 Å². The monoisotopic (exact) mass is 560 g/mol. The summed E-state index contributed by atoms with van der Waals surface area (Å²) < 4.78 is 8.53. The van der Waals surface area contributed by atoms with Crippen LogP contribution in [0.2, 0.25) is 5.02 Å². The van der Waals surface area contributed by atoms with Gasteiger partial charge in [-0.2, -0.15) is 5.10 Å². The molecule has 1 aliphatic rings. The lowest BCUT2D eigenvalue weighted by Gasteiger charge is -2.21. The summed E-state index contributed by atoms with van der Waals surface area (Å²) in [6.45, 7) is 4.78. The minimum Gasteiger partial charge on any atom is -0.383 e. The van der Waals surface area contributed by atoms with Gasteiger partial charge in [0.15, 0.2) is 0 Å². The summed E-state index contributed by atoms with van der Waals surface area (Å²) in [4.78, 5) is 27.8. The molecule has 0 spiro atoms. The summed E-state index contributed by atoms with van der Waals surface area (Å²) in [5.74, 6) is 0.628. The maximum atomic E-state index is 13.5. The standard InChI is InChI=1S/C30H33ClN6O3/c1-20-28(22-12-13-27(38)35(2)17-22)34-37(24-10-5-4-6-11-24)29(20)33-30(39)32-26-19-36(14-15-40-3)18-25(26)21-8-7-9-23(31)16-21/h4-13,16-17,25-26H,14-15,18-19H2,1-3H3,(H2,32,33,39)/t25?,26-/m1/s1. The molecule has 4 aromatic rings. The molecule has 5 rings (SSSR count). The molecule has 1 unspecified atom stereocenters. The predicted molar refractivity (Wildman–Crippen MR) is 157 cm³/mol. The highest BCUT2D eigenvalue weighted by atomic mass is 35.5. The number of methoxy groups -OCH3 is 1.